The lowest BCUT2D eigenvalue weighted by Gasteiger charge is -2.49. The van der Waals surface area contributed by atoms with E-state index in [0.717, 1.165) is 19.4 Å². The van der Waals surface area contributed by atoms with Crippen LogP contribution in [0.3, 0.4) is 0 Å². The van der Waals surface area contributed by atoms with Crippen LogP contribution in [-0.4, -0.2) is 36.0 Å². The van der Waals surface area contributed by atoms with Crippen molar-refractivity contribution in [2.75, 3.05) is 12.8 Å². The number of methoxy groups -OCH3 is 1. The van der Waals surface area contributed by atoms with Crippen LogP contribution >= 0.6 is 11.6 Å². The van der Waals surface area contributed by atoms with E-state index in [9.17, 15) is 4.79 Å². The van der Waals surface area contributed by atoms with E-state index in [1.165, 1.54) is 31.9 Å². The minimum absolute atomic E-state index is 0.150. The molecule has 154 valence electrons. The first kappa shape index (κ1) is 20.0. The molecular formula is C23H28ClN3O2. The van der Waals surface area contributed by atoms with Crippen molar-refractivity contribution in [3.05, 3.63) is 58.6 Å². The van der Waals surface area contributed by atoms with E-state index in [1.54, 1.807) is 12.1 Å². The number of nitrogens with two attached hydrogens (primary N) is 1. The van der Waals surface area contributed by atoms with Crippen molar-refractivity contribution in [1.82, 2.24) is 10.2 Å². The van der Waals surface area contributed by atoms with Crippen LogP contribution in [0.25, 0.3) is 0 Å². The van der Waals surface area contributed by atoms with Gasteiger partial charge in [-0.05, 0) is 37.3 Å². The molecule has 0 spiro atoms. The summed E-state index contributed by atoms with van der Waals surface area (Å²) in [4.78, 5) is 15.6. The SMILES string of the molecule is COc1cc(N)c(Cl)cc1C(=O)NC1CC2CCCC(C1)N2Cc1ccccc1. The second kappa shape index (κ2) is 8.64. The Morgan fingerprint density at radius 1 is 1.21 bits per heavy atom. The molecule has 0 radical (unpaired) electrons. The van der Waals surface area contributed by atoms with E-state index in [4.69, 9.17) is 22.1 Å². The van der Waals surface area contributed by atoms with Crippen LogP contribution < -0.4 is 15.8 Å². The minimum atomic E-state index is -0.150. The number of carbonyl (C=O) groups excluding carboxylic acids is 1. The van der Waals surface area contributed by atoms with E-state index < -0.39 is 0 Å². The summed E-state index contributed by atoms with van der Waals surface area (Å²) in [6.07, 6.45) is 5.59. The molecule has 5 nitrogen and oxygen atoms in total. The van der Waals surface area contributed by atoms with Gasteiger partial charge in [0.15, 0.2) is 0 Å². The van der Waals surface area contributed by atoms with Crippen LogP contribution in [0.2, 0.25) is 5.02 Å². The van der Waals surface area contributed by atoms with Crippen molar-refractivity contribution >= 4 is 23.2 Å². The van der Waals surface area contributed by atoms with Crippen molar-refractivity contribution in [3.8, 4) is 5.75 Å². The maximum Gasteiger partial charge on any atom is 0.255 e. The molecule has 2 aliphatic rings. The van der Waals surface area contributed by atoms with Crippen LogP contribution in [0.1, 0.15) is 48.0 Å². The van der Waals surface area contributed by atoms with Crippen LogP contribution in [0, 0.1) is 0 Å². The van der Waals surface area contributed by atoms with E-state index in [0.29, 0.717) is 34.1 Å². The number of anilines is 1. The summed E-state index contributed by atoms with van der Waals surface area (Å²) >= 11 is 6.14. The average Bonchev–Trinajstić information content (AvgIpc) is 2.71. The summed E-state index contributed by atoms with van der Waals surface area (Å²) in [6, 6.07) is 15.0. The molecule has 6 heteroatoms. The van der Waals surface area contributed by atoms with E-state index in [2.05, 4.69) is 40.5 Å². The van der Waals surface area contributed by atoms with E-state index >= 15 is 0 Å². The van der Waals surface area contributed by atoms with Crippen molar-refractivity contribution in [1.29, 1.82) is 0 Å². The molecule has 2 saturated heterocycles. The number of ether oxygens (including phenoxy) is 1. The Hall–Kier alpha value is -2.24. The Balaban J connectivity index is 1.45. The number of nitrogen functional groups attached to an aromatic ring is 1. The molecule has 2 fully saturated rings. The number of halogens is 1. The second-order valence-electron chi connectivity index (χ2n) is 8.11. The number of fused-ring (bicyclic) bond motifs is 2. The van der Waals surface area contributed by atoms with Crippen molar-refractivity contribution < 1.29 is 9.53 Å². The summed E-state index contributed by atoms with van der Waals surface area (Å²) in [6.45, 7) is 0.984. The standard InChI is InChI=1S/C23H28ClN3O2/c1-29-22-13-21(25)20(24)12-19(22)23(28)26-16-10-17-8-5-9-18(11-16)27(17)14-15-6-3-2-4-7-15/h2-4,6-7,12-13,16-18H,5,8-11,14,25H2,1H3,(H,26,28). The van der Waals surface area contributed by atoms with Crippen LogP contribution in [-0.2, 0) is 6.54 Å². The highest BCUT2D eigenvalue weighted by Gasteiger charge is 2.38. The fraction of sp³-hybridized carbons (Fsp3) is 0.435. The maximum atomic E-state index is 12.9. The van der Waals surface area contributed by atoms with Gasteiger partial charge in [-0.1, -0.05) is 48.4 Å². The Bertz CT molecular complexity index is 860. The molecule has 2 bridgehead atoms. The van der Waals surface area contributed by atoms with Gasteiger partial charge in [-0.3, -0.25) is 9.69 Å². The lowest BCUT2D eigenvalue weighted by Crippen LogP contribution is -2.56. The molecule has 0 aromatic heterocycles. The molecule has 2 aromatic carbocycles. The zero-order chi connectivity index (χ0) is 20.4. The molecule has 0 aliphatic carbocycles. The summed E-state index contributed by atoms with van der Waals surface area (Å²) < 4.78 is 5.34. The van der Waals surface area contributed by atoms with Crippen LogP contribution in [0.4, 0.5) is 5.69 Å². The number of rotatable bonds is 5. The highest BCUT2D eigenvalue weighted by atomic mass is 35.5. The van der Waals surface area contributed by atoms with Gasteiger partial charge >= 0.3 is 0 Å². The molecule has 2 aliphatic heterocycles. The fourth-order valence-electron chi connectivity index (χ4n) is 4.83. The molecule has 1 amide bonds. The number of carbonyl (C=O) groups is 1. The smallest absolute Gasteiger partial charge is 0.255 e. The first-order chi connectivity index (χ1) is 14.0. The average molecular weight is 414 g/mol. The Morgan fingerprint density at radius 2 is 1.90 bits per heavy atom. The zero-order valence-corrected chi connectivity index (χ0v) is 17.5. The lowest BCUT2D eigenvalue weighted by molar-refractivity contribution is 0.0177. The minimum Gasteiger partial charge on any atom is -0.496 e. The van der Waals surface area contributed by atoms with Gasteiger partial charge in [0.1, 0.15) is 5.75 Å². The lowest BCUT2D eigenvalue weighted by atomic mass is 9.81. The van der Waals surface area contributed by atoms with Crippen LogP contribution in [0.15, 0.2) is 42.5 Å². The third-order valence-electron chi connectivity index (χ3n) is 6.23. The molecular weight excluding hydrogens is 386 g/mol. The van der Waals surface area contributed by atoms with Crippen molar-refractivity contribution in [2.45, 2.75) is 56.8 Å². The largest absolute Gasteiger partial charge is 0.496 e. The zero-order valence-electron chi connectivity index (χ0n) is 16.7. The molecule has 0 saturated carbocycles. The van der Waals surface area contributed by atoms with Gasteiger partial charge in [-0.15, -0.1) is 0 Å². The highest BCUT2D eigenvalue weighted by molar-refractivity contribution is 6.33. The maximum absolute atomic E-state index is 12.9. The van der Waals surface area contributed by atoms with Crippen molar-refractivity contribution in [3.63, 3.8) is 0 Å². The third-order valence-corrected chi connectivity index (χ3v) is 6.56. The number of hydrogen-bond acceptors (Lipinski definition) is 4. The molecule has 4 rings (SSSR count). The van der Waals surface area contributed by atoms with Gasteiger partial charge in [0.2, 0.25) is 0 Å². The summed E-state index contributed by atoms with van der Waals surface area (Å²) in [5, 5.41) is 3.59. The molecule has 2 unspecified atom stereocenters. The summed E-state index contributed by atoms with van der Waals surface area (Å²) in [7, 11) is 1.53. The van der Waals surface area contributed by atoms with Gasteiger partial charge < -0.3 is 15.8 Å². The number of piperidine rings is 2. The van der Waals surface area contributed by atoms with E-state index in [-0.39, 0.29) is 11.9 Å². The summed E-state index contributed by atoms with van der Waals surface area (Å²) in [5.41, 5.74) is 8.04. The topological polar surface area (TPSA) is 67.6 Å². The third kappa shape index (κ3) is 4.36. The Morgan fingerprint density at radius 3 is 2.55 bits per heavy atom. The van der Waals surface area contributed by atoms with Gasteiger partial charge in [-0.2, -0.15) is 0 Å². The van der Waals surface area contributed by atoms with Gasteiger partial charge in [-0.25, -0.2) is 0 Å². The molecule has 29 heavy (non-hydrogen) atoms. The highest BCUT2D eigenvalue weighted by Crippen LogP contribution is 2.36. The number of benzene rings is 2. The predicted molar refractivity (Wildman–Crippen MR) is 116 cm³/mol. The molecule has 2 heterocycles. The van der Waals surface area contributed by atoms with Gasteiger partial charge in [0.25, 0.3) is 5.91 Å². The second-order valence-corrected chi connectivity index (χ2v) is 8.52. The van der Waals surface area contributed by atoms with E-state index in [1.807, 2.05) is 0 Å². The number of hydrogen-bond donors (Lipinski definition) is 2. The number of amides is 1. The fourth-order valence-corrected chi connectivity index (χ4v) is 4.99. The van der Waals surface area contributed by atoms with Crippen LogP contribution in [0.5, 0.6) is 5.75 Å². The van der Waals surface area contributed by atoms with Gasteiger partial charge in [0.05, 0.1) is 23.4 Å². The Labute approximate surface area is 177 Å². The van der Waals surface area contributed by atoms with Crippen molar-refractivity contribution in [2.24, 2.45) is 0 Å². The monoisotopic (exact) mass is 413 g/mol. The molecule has 2 aromatic rings. The first-order valence-corrected chi connectivity index (χ1v) is 10.7. The number of nitrogens with one attached hydrogen (secondary N) is 1. The Kier molecular flexibility index (Phi) is 5.97. The first-order valence-electron chi connectivity index (χ1n) is 10.3. The predicted octanol–water partition coefficient (Wildman–Crippen LogP) is 4.25. The van der Waals surface area contributed by atoms with Gasteiger partial charge in [0, 0.05) is 30.7 Å². The summed E-state index contributed by atoms with van der Waals surface area (Å²) in [5.74, 6) is 0.300. The quantitative estimate of drug-likeness (QED) is 0.719. The molecule has 3 N–H and O–H groups in total. The normalized spacial score (nSPS) is 24.1. The molecule has 2 atom stereocenters. The number of nitrogens with zero attached hydrogens (tertiary/aromatic N) is 1.